The summed E-state index contributed by atoms with van der Waals surface area (Å²) in [5.74, 6) is -3.40. The molecule has 188 valence electrons. The van der Waals surface area contributed by atoms with Gasteiger partial charge >= 0.3 is 11.9 Å². The SMILES string of the molecule is CC1=C(C(=O)O)C(c2cccc([N+](=O)[O-])c2)C(C(=O)OCCCC(=O)Nc2ccc(O)cc2)=C(C)N1. The molecule has 0 aromatic heterocycles. The lowest BCUT2D eigenvalue weighted by atomic mass is 9.80. The molecule has 1 heterocycles. The molecule has 0 spiro atoms. The van der Waals surface area contributed by atoms with Crippen LogP contribution in [0.3, 0.4) is 0 Å². The van der Waals surface area contributed by atoms with Crippen molar-refractivity contribution in [1.29, 1.82) is 0 Å². The second-order valence-corrected chi connectivity index (χ2v) is 8.13. The number of esters is 1. The first kappa shape index (κ1) is 25.9. The Kier molecular flexibility index (Phi) is 8.05. The van der Waals surface area contributed by atoms with Crippen molar-refractivity contribution in [3.05, 3.63) is 86.7 Å². The van der Waals surface area contributed by atoms with Gasteiger partial charge in [0.25, 0.3) is 5.69 Å². The number of benzene rings is 2. The maximum Gasteiger partial charge on any atom is 0.336 e. The van der Waals surface area contributed by atoms with Gasteiger partial charge in [0.2, 0.25) is 5.91 Å². The first-order valence-electron chi connectivity index (χ1n) is 11.0. The normalized spacial score (nSPS) is 15.2. The number of non-ortho nitro benzene ring substituents is 1. The van der Waals surface area contributed by atoms with Crippen LogP contribution in [-0.4, -0.2) is 39.6 Å². The van der Waals surface area contributed by atoms with Crippen molar-refractivity contribution in [2.45, 2.75) is 32.6 Å². The number of ether oxygens (including phenoxy) is 1. The molecule has 0 saturated heterocycles. The smallest absolute Gasteiger partial charge is 0.336 e. The molecular formula is C25H25N3O8. The zero-order chi connectivity index (χ0) is 26.4. The number of anilines is 1. The summed E-state index contributed by atoms with van der Waals surface area (Å²) in [4.78, 5) is 47.9. The highest BCUT2D eigenvalue weighted by atomic mass is 16.6. The number of carbonyl (C=O) groups is 3. The molecule has 0 radical (unpaired) electrons. The van der Waals surface area contributed by atoms with E-state index in [1.54, 1.807) is 26.0 Å². The van der Waals surface area contributed by atoms with Crippen LogP contribution in [0.4, 0.5) is 11.4 Å². The maximum atomic E-state index is 13.1. The fourth-order valence-corrected chi connectivity index (χ4v) is 3.94. The summed E-state index contributed by atoms with van der Waals surface area (Å²) < 4.78 is 5.36. The van der Waals surface area contributed by atoms with E-state index in [4.69, 9.17) is 4.74 Å². The molecule has 2 aromatic rings. The predicted molar refractivity (Wildman–Crippen MR) is 129 cm³/mol. The van der Waals surface area contributed by atoms with Gasteiger partial charge in [0.15, 0.2) is 0 Å². The Morgan fingerprint density at radius 1 is 1.08 bits per heavy atom. The van der Waals surface area contributed by atoms with Gasteiger partial charge in [-0.25, -0.2) is 9.59 Å². The number of nitrogens with zero attached hydrogens (tertiary/aromatic N) is 1. The highest BCUT2D eigenvalue weighted by Crippen LogP contribution is 2.39. The van der Waals surface area contributed by atoms with E-state index in [2.05, 4.69) is 10.6 Å². The first-order chi connectivity index (χ1) is 17.1. The van der Waals surface area contributed by atoms with E-state index in [1.165, 1.54) is 36.4 Å². The van der Waals surface area contributed by atoms with Gasteiger partial charge in [-0.2, -0.15) is 0 Å². The third-order valence-electron chi connectivity index (χ3n) is 5.56. The van der Waals surface area contributed by atoms with Gasteiger partial charge < -0.3 is 25.6 Å². The van der Waals surface area contributed by atoms with Crippen LogP contribution < -0.4 is 10.6 Å². The van der Waals surface area contributed by atoms with Crippen molar-refractivity contribution in [3.8, 4) is 5.75 Å². The summed E-state index contributed by atoms with van der Waals surface area (Å²) in [5, 5.41) is 36.0. The van der Waals surface area contributed by atoms with Gasteiger partial charge in [-0.3, -0.25) is 14.9 Å². The minimum absolute atomic E-state index is 0.0204. The van der Waals surface area contributed by atoms with Crippen molar-refractivity contribution in [2.24, 2.45) is 0 Å². The zero-order valence-electron chi connectivity index (χ0n) is 19.6. The Balaban J connectivity index is 1.73. The topological polar surface area (TPSA) is 168 Å². The molecule has 2 aromatic carbocycles. The highest BCUT2D eigenvalue weighted by Gasteiger charge is 2.37. The van der Waals surface area contributed by atoms with Gasteiger partial charge in [-0.1, -0.05) is 12.1 Å². The minimum atomic E-state index is -1.28. The molecule has 4 N–H and O–H groups in total. The van der Waals surface area contributed by atoms with Crippen molar-refractivity contribution < 1.29 is 34.3 Å². The Labute approximate surface area is 206 Å². The van der Waals surface area contributed by atoms with Crippen LogP contribution in [0.15, 0.2) is 71.1 Å². The zero-order valence-corrected chi connectivity index (χ0v) is 19.6. The lowest BCUT2D eigenvalue weighted by molar-refractivity contribution is -0.384. The van der Waals surface area contributed by atoms with E-state index in [9.17, 15) is 34.7 Å². The van der Waals surface area contributed by atoms with Gasteiger partial charge in [-0.05, 0) is 50.1 Å². The Hall–Kier alpha value is -4.67. The average Bonchev–Trinajstić information content (AvgIpc) is 2.82. The second-order valence-electron chi connectivity index (χ2n) is 8.13. The number of nitro groups is 1. The van der Waals surface area contributed by atoms with Crippen LogP contribution in [0.2, 0.25) is 0 Å². The predicted octanol–water partition coefficient (Wildman–Crippen LogP) is 3.58. The third kappa shape index (κ3) is 6.06. The molecule has 0 bridgehead atoms. The second kappa shape index (κ2) is 11.2. The summed E-state index contributed by atoms with van der Waals surface area (Å²) in [7, 11) is 0. The number of nitrogens with one attached hydrogen (secondary N) is 2. The monoisotopic (exact) mass is 495 g/mol. The number of rotatable bonds is 9. The number of carboxylic acids is 1. The Morgan fingerprint density at radius 2 is 1.75 bits per heavy atom. The number of hydrogen-bond acceptors (Lipinski definition) is 8. The average molecular weight is 495 g/mol. The van der Waals surface area contributed by atoms with Crippen molar-refractivity contribution in [2.75, 3.05) is 11.9 Å². The maximum absolute atomic E-state index is 13.1. The molecule has 1 aliphatic heterocycles. The number of nitro benzene ring substituents is 1. The molecule has 0 fully saturated rings. The number of allylic oxidation sites excluding steroid dienone is 2. The van der Waals surface area contributed by atoms with E-state index in [-0.39, 0.29) is 53.5 Å². The lowest BCUT2D eigenvalue weighted by Crippen LogP contribution is -2.32. The summed E-state index contributed by atoms with van der Waals surface area (Å²) in [6.07, 6.45) is 0.260. The van der Waals surface area contributed by atoms with Crippen molar-refractivity contribution >= 4 is 29.2 Å². The summed E-state index contributed by atoms with van der Waals surface area (Å²) in [6.45, 7) is 3.03. The number of dihydropyridines is 1. The number of aromatic hydroxyl groups is 1. The lowest BCUT2D eigenvalue weighted by Gasteiger charge is -2.29. The molecule has 1 unspecified atom stereocenters. The molecule has 1 aliphatic rings. The number of carboxylic acid groups (broad SMARTS) is 1. The largest absolute Gasteiger partial charge is 0.508 e. The number of carbonyl (C=O) groups excluding carboxylic acids is 2. The number of phenolic OH excluding ortho intramolecular Hbond substituents is 1. The van der Waals surface area contributed by atoms with E-state index < -0.39 is 22.8 Å². The van der Waals surface area contributed by atoms with Gasteiger partial charge in [0, 0.05) is 35.6 Å². The minimum Gasteiger partial charge on any atom is -0.508 e. The molecule has 11 heteroatoms. The molecule has 1 atom stereocenters. The van der Waals surface area contributed by atoms with Crippen molar-refractivity contribution in [1.82, 2.24) is 5.32 Å². The van der Waals surface area contributed by atoms with Crippen LogP contribution in [0.1, 0.15) is 38.2 Å². The third-order valence-corrected chi connectivity index (χ3v) is 5.56. The van der Waals surface area contributed by atoms with Gasteiger partial charge in [0.1, 0.15) is 5.75 Å². The fourth-order valence-electron chi connectivity index (χ4n) is 3.94. The molecular weight excluding hydrogens is 470 g/mol. The first-order valence-corrected chi connectivity index (χ1v) is 11.0. The molecule has 36 heavy (non-hydrogen) atoms. The van der Waals surface area contributed by atoms with Crippen LogP contribution in [-0.2, 0) is 19.1 Å². The van der Waals surface area contributed by atoms with Crippen molar-refractivity contribution in [3.63, 3.8) is 0 Å². The number of phenols is 1. The standard InChI is InChI=1S/C25H25N3O8/c1-14-21(24(31)32)23(16-5-3-6-18(13-16)28(34)35)22(15(2)26-14)25(33)36-12-4-7-20(30)27-17-8-10-19(29)11-9-17/h3,5-6,8-11,13,23,26,29H,4,7,12H2,1-2H3,(H,27,30)(H,31,32). The van der Waals surface area contributed by atoms with Crippen LogP contribution >= 0.6 is 0 Å². The molecule has 1 amide bonds. The molecule has 3 rings (SSSR count). The van der Waals surface area contributed by atoms with Gasteiger partial charge in [0.05, 0.1) is 28.6 Å². The fraction of sp³-hybridized carbons (Fsp3) is 0.240. The Morgan fingerprint density at radius 3 is 2.39 bits per heavy atom. The van der Waals surface area contributed by atoms with Crippen LogP contribution in [0, 0.1) is 10.1 Å². The number of aliphatic carboxylic acids is 1. The van der Waals surface area contributed by atoms with Crippen LogP contribution in [0.5, 0.6) is 5.75 Å². The van der Waals surface area contributed by atoms with E-state index in [0.29, 0.717) is 17.1 Å². The van der Waals surface area contributed by atoms with Gasteiger partial charge in [-0.15, -0.1) is 0 Å². The quantitative estimate of drug-likeness (QED) is 0.134. The van der Waals surface area contributed by atoms with E-state index >= 15 is 0 Å². The number of hydrogen-bond donors (Lipinski definition) is 4. The number of amides is 1. The molecule has 11 nitrogen and oxygen atoms in total. The summed E-state index contributed by atoms with van der Waals surface area (Å²) >= 11 is 0. The van der Waals surface area contributed by atoms with E-state index in [1.807, 2.05) is 0 Å². The molecule has 0 saturated carbocycles. The summed E-state index contributed by atoms with van der Waals surface area (Å²) in [6, 6.07) is 11.4. The summed E-state index contributed by atoms with van der Waals surface area (Å²) in [5.41, 5.74) is 1.10. The Bertz CT molecular complexity index is 1260. The highest BCUT2D eigenvalue weighted by molar-refractivity contribution is 5.99. The van der Waals surface area contributed by atoms with E-state index in [0.717, 1.165) is 0 Å². The van der Waals surface area contributed by atoms with Crippen LogP contribution in [0.25, 0.3) is 0 Å². The molecule has 0 aliphatic carbocycles.